The van der Waals surface area contributed by atoms with Gasteiger partial charge < -0.3 is 4.90 Å². The van der Waals surface area contributed by atoms with Crippen molar-refractivity contribution in [1.82, 2.24) is 5.32 Å². The highest BCUT2D eigenvalue weighted by atomic mass is 19.1. The van der Waals surface area contributed by atoms with Crippen LogP contribution >= 0.6 is 0 Å². The van der Waals surface area contributed by atoms with E-state index in [2.05, 4.69) is 33.4 Å². The maximum atomic E-state index is 13.2. The third-order valence-electron chi connectivity index (χ3n) is 3.66. The monoisotopic (exact) mass is 283 g/mol. The van der Waals surface area contributed by atoms with Crippen LogP contribution in [0.4, 0.5) is 10.1 Å². The second-order valence-electron chi connectivity index (χ2n) is 5.32. The lowest BCUT2D eigenvalue weighted by Crippen LogP contribution is -2.15. The van der Waals surface area contributed by atoms with Crippen LogP contribution in [0.5, 0.6) is 0 Å². The molecule has 3 rings (SSSR count). The van der Waals surface area contributed by atoms with E-state index in [4.69, 9.17) is 0 Å². The SMILES string of the molecule is CN(C)c1ccc(C2=NCNC2)c(-c2ccc(F)cc2)c1. The lowest BCUT2D eigenvalue weighted by Gasteiger charge is -2.17. The van der Waals surface area contributed by atoms with E-state index in [0.29, 0.717) is 6.67 Å². The quantitative estimate of drug-likeness (QED) is 0.938. The molecule has 0 radical (unpaired) electrons. The number of anilines is 1. The Balaban J connectivity index is 2.13. The van der Waals surface area contributed by atoms with Crippen LogP contribution < -0.4 is 10.2 Å². The predicted molar refractivity (Wildman–Crippen MR) is 85.6 cm³/mol. The van der Waals surface area contributed by atoms with Gasteiger partial charge in [-0.05, 0) is 35.4 Å². The van der Waals surface area contributed by atoms with E-state index in [1.807, 2.05) is 26.2 Å². The molecular weight excluding hydrogens is 265 g/mol. The van der Waals surface area contributed by atoms with Crippen LogP contribution in [-0.2, 0) is 0 Å². The summed E-state index contributed by atoms with van der Waals surface area (Å²) >= 11 is 0. The Bertz CT molecular complexity index is 675. The van der Waals surface area contributed by atoms with Crippen LogP contribution in [0.3, 0.4) is 0 Å². The van der Waals surface area contributed by atoms with Crippen molar-refractivity contribution in [2.24, 2.45) is 4.99 Å². The first-order chi connectivity index (χ1) is 10.1. The van der Waals surface area contributed by atoms with Gasteiger partial charge in [-0.15, -0.1) is 0 Å². The summed E-state index contributed by atoms with van der Waals surface area (Å²) in [5, 5.41) is 3.22. The Hall–Kier alpha value is -2.20. The van der Waals surface area contributed by atoms with E-state index < -0.39 is 0 Å². The van der Waals surface area contributed by atoms with Gasteiger partial charge in [-0.3, -0.25) is 10.3 Å². The Kier molecular flexibility index (Phi) is 3.71. The van der Waals surface area contributed by atoms with Gasteiger partial charge in [0.2, 0.25) is 0 Å². The number of rotatable bonds is 3. The number of nitrogens with zero attached hydrogens (tertiary/aromatic N) is 2. The molecule has 0 unspecified atom stereocenters. The minimum Gasteiger partial charge on any atom is -0.378 e. The maximum Gasteiger partial charge on any atom is 0.123 e. The highest BCUT2D eigenvalue weighted by Crippen LogP contribution is 2.29. The molecule has 108 valence electrons. The van der Waals surface area contributed by atoms with Gasteiger partial charge in [0.25, 0.3) is 0 Å². The molecule has 0 amide bonds. The molecule has 3 nitrogen and oxygen atoms in total. The first-order valence-electron chi connectivity index (χ1n) is 6.97. The molecule has 0 aromatic heterocycles. The highest BCUT2D eigenvalue weighted by Gasteiger charge is 2.15. The Morgan fingerprint density at radius 1 is 1.05 bits per heavy atom. The van der Waals surface area contributed by atoms with Crippen molar-refractivity contribution >= 4 is 11.4 Å². The summed E-state index contributed by atoms with van der Waals surface area (Å²) < 4.78 is 13.2. The van der Waals surface area contributed by atoms with Gasteiger partial charge in [-0.2, -0.15) is 0 Å². The smallest absolute Gasteiger partial charge is 0.123 e. The molecule has 0 bridgehead atoms. The highest BCUT2D eigenvalue weighted by molar-refractivity contribution is 6.08. The number of aliphatic imine (C=N–C) groups is 1. The van der Waals surface area contributed by atoms with Crippen molar-refractivity contribution in [2.75, 3.05) is 32.2 Å². The summed E-state index contributed by atoms with van der Waals surface area (Å²) in [7, 11) is 4.02. The average Bonchev–Trinajstić information content (AvgIpc) is 3.01. The second kappa shape index (κ2) is 5.66. The van der Waals surface area contributed by atoms with Crippen molar-refractivity contribution in [1.29, 1.82) is 0 Å². The first kappa shape index (κ1) is 13.8. The van der Waals surface area contributed by atoms with Gasteiger partial charge >= 0.3 is 0 Å². The van der Waals surface area contributed by atoms with Crippen molar-refractivity contribution in [2.45, 2.75) is 0 Å². The fourth-order valence-electron chi connectivity index (χ4n) is 2.49. The zero-order chi connectivity index (χ0) is 14.8. The third-order valence-corrected chi connectivity index (χ3v) is 3.66. The van der Waals surface area contributed by atoms with Gasteiger partial charge in [0.05, 0.1) is 12.4 Å². The van der Waals surface area contributed by atoms with Gasteiger partial charge in [0.15, 0.2) is 0 Å². The minimum atomic E-state index is -0.219. The Labute approximate surface area is 124 Å². The lowest BCUT2D eigenvalue weighted by molar-refractivity contribution is 0.628. The predicted octanol–water partition coefficient (Wildman–Crippen LogP) is 2.91. The van der Waals surface area contributed by atoms with Gasteiger partial charge in [-0.1, -0.05) is 18.2 Å². The molecular formula is C17H18FN3. The van der Waals surface area contributed by atoms with Crippen molar-refractivity contribution < 1.29 is 4.39 Å². The molecule has 2 aromatic rings. The van der Waals surface area contributed by atoms with Crippen LogP contribution in [-0.4, -0.2) is 33.0 Å². The molecule has 2 aromatic carbocycles. The van der Waals surface area contributed by atoms with Crippen LogP contribution in [0.1, 0.15) is 5.56 Å². The van der Waals surface area contributed by atoms with Gasteiger partial charge in [0.1, 0.15) is 5.82 Å². The number of hydrogen-bond donors (Lipinski definition) is 1. The molecule has 0 atom stereocenters. The summed E-state index contributed by atoms with van der Waals surface area (Å²) in [6.45, 7) is 1.43. The van der Waals surface area contributed by atoms with E-state index in [9.17, 15) is 4.39 Å². The summed E-state index contributed by atoms with van der Waals surface area (Å²) in [6, 6.07) is 12.9. The van der Waals surface area contributed by atoms with Crippen LogP contribution in [0, 0.1) is 5.82 Å². The average molecular weight is 283 g/mol. The van der Waals surface area contributed by atoms with E-state index in [-0.39, 0.29) is 5.82 Å². The molecule has 0 saturated heterocycles. The maximum absolute atomic E-state index is 13.2. The molecule has 21 heavy (non-hydrogen) atoms. The fraction of sp³-hybridized carbons (Fsp3) is 0.235. The Morgan fingerprint density at radius 2 is 1.81 bits per heavy atom. The van der Waals surface area contributed by atoms with Crippen LogP contribution in [0.15, 0.2) is 47.5 Å². The van der Waals surface area contributed by atoms with E-state index in [1.54, 1.807) is 0 Å². The van der Waals surface area contributed by atoms with Crippen LogP contribution in [0.25, 0.3) is 11.1 Å². The topological polar surface area (TPSA) is 27.6 Å². The zero-order valence-corrected chi connectivity index (χ0v) is 12.2. The van der Waals surface area contributed by atoms with Gasteiger partial charge in [-0.25, -0.2) is 4.39 Å². The molecule has 0 spiro atoms. The van der Waals surface area contributed by atoms with Gasteiger partial charge in [0, 0.05) is 31.9 Å². The van der Waals surface area contributed by atoms with Crippen LogP contribution in [0.2, 0.25) is 0 Å². The largest absolute Gasteiger partial charge is 0.378 e. The molecule has 4 heteroatoms. The van der Waals surface area contributed by atoms with Crippen molar-refractivity contribution in [3.05, 3.63) is 53.8 Å². The molecule has 1 N–H and O–H groups in total. The number of halogens is 1. The first-order valence-corrected chi connectivity index (χ1v) is 6.97. The second-order valence-corrected chi connectivity index (χ2v) is 5.32. The summed E-state index contributed by atoms with van der Waals surface area (Å²) in [5.74, 6) is -0.219. The third kappa shape index (κ3) is 2.81. The normalized spacial score (nSPS) is 14.1. The summed E-state index contributed by atoms with van der Waals surface area (Å²) in [5.41, 5.74) is 5.37. The van der Waals surface area contributed by atoms with Crippen molar-refractivity contribution in [3.63, 3.8) is 0 Å². The number of benzene rings is 2. The molecule has 1 heterocycles. The molecule has 0 saturated carbocycles. The number of nitrogens with one attached hydrogen (secondary N) is 1. The number of hydrogen-bond acceptors (Lipinski definition) is 3. The summed E-state index contributed by atoms with van der Waals surface area (Å²) in [6.07, 6.45) is 0. The summed E-state index contributed by atoms with van der Waals surface area (Å²) in [4.78, 5) is 6.56. The van der Waals surface area contributed by atoms with Crippen molar-refractivity contribution in [3.8, 4) is 11.1 Å². The lowest BCUT2D eigenvalue weighted by atomic mass is 9.95. The Morgan fingerprint density at radius 3 is 2.43 bits per heavy atom. The van der Waals surface area contributed by atoms with E-state index in [1.165, 1.54) is 12.1 Å². The minimum absolute atomic E-state index is 0.219. The fourth-order valence-corrected chi connectivity index (χ4v) is 2.49. The van der Waals surface area contributed by atoms with E-state index in [0.717, 1.165) is 34.6 Å². The van der Waals surface area contributed by atoms with E-state index >= 15 is 0 Å². The molecule has 1 aliphatic rings. The molecule has 1 aliphatic heterocycles. The standard InChI is InChI=1S/C17H18FN3/c1-21(2)14-7-8-15(17-10-19-11-20-17)16(9-14)12-3-5-13(18)6-4-12/h3-9,19H,10-11H2,1-2H3. The zero-order valence-electron chi connectivity index (χ0n) is 12.2. The molecule has 0 fully saturated rings. The molecule has 0 aliphatic carbocycles.